The van der Waals surface area contributed by atoms with E-state index in [1.165, 1.54) is 10.8 Å². The van der Waals surface area contributed by atoms with E-state index in [1.54, 1.807) is 25.1 Å². The maximum Gasteiger partial charge on any atom is 0.275 e. The second-order valence-corrected chi connectivity index (χ2v) is 8.46. The van der Waals surface area contributed by atoms with E-state index in [9.17, 15) is 23.9 Å². The number of nitrogens with one attached hydrogen (secondary N) is 1. The highest BCUT2D eigenvalue weighted by atomic mass is 19.1. The van der Waals surface area contributed by atoms with Gasteiger partial charge in [-0.25, -0.2) is 4.39 Å². The Balaban J connectivity index is 1.45. The number of carbonyl (C=O) groups excluding carboxylic acids is 2. The normalized spacial score (nSPS) is 24.0. The van der Waals surface area contributed by atoms with Gasteiger partial charge in [0.15, 0.2) is 11.4 Å². The highest BCUT2D eigenvalue weighted by molar-refractivity contribution is 5.99. The number of benzene rings is 1. The van der Waals surface area contributed by atoms with Gasteiger partial charge in [0.25, 0.3) is 11.8 Å². The van der Waals surface area contributed by atoms with E-state index in [-0.39, 0.29) is 35.8 Å². The van der Waals surface area contributed by atoms with Gasteiger partial charge in [0, 0.05) is 30.9 Å². The van der Waals surface area contributed by atoms with E-state index < -0.39 is 22.9 Å². The summed E-state index contributed by atoms with van der Waals surface area (Å²) < 4.78 is 15.7. The molecule has 7 nitrogen and oxygen atoms in total. The van der Waals surface area contributed by atoms with Crippen LogP contribution in [-0.4, -0.2) is 38.5 Å². The van der Waals surface area contributed by atoms with Crippen molar-refractivity contribution in [2.75, 3.05) is 0 Å². The highest BCUT2D eigenvalue weighted by Crippen LogP contribution is 2.45. The Morgan fingerprint density at radius 1 is 1.30 bits per heavy atom. The first-order valence-corrected chi connectivity index (χ1v) is 10.2. The van der Waals surface area contributed by atoms with Crippen molar-refractivity contribution in [3.8, 4) is 5.75 Å². The predicted molar refractivity (Wildman–Crippen MR) is 106 cm³/mol. The molecule has 0 spiro atoms. The minimum Gasteiger partial charge on any atom is -0.503 e. The second-order valence-electron chi connectivity index (χ2n) is 8.46. The van der Waals surface area contributed by atoms with Crippen molar-refractivity contribution in [2.45, 2.75) is 51.4 Å². The first kappa shape index (κ1) is 18.8. The average Bonchev–Trinajstić information content (AvgIpc) is 3.33. The number of aryl methyl sites for hydroxylation is 1. The third-order valence-electron chi connectivity index (χ3n) is 6.77. The molecule has 8 heteroatoms. The highest BCUT2D eigenvalue weighted by Gasteiger charge is 2.51. The zero-order valence-electron chi connectivity index (χ0n) is 16.5. The predicted octanol–water partition coefficient (Wildman–Crippen LogP) is 1.94. The Morgan fingerprint density at radius 2 is 2.10 bits per heavy atom. The molecule has 1 saturated carbocycles. The van der Waals surface area contributed by atoms with E-state index in [0.29, 0.717) is 23.6 Å². The molecule has 2 fully saturated rings. The number of aromatic nitrogens is 1. The molecule has 2 N–H and O–H groups in total. The lowest BCUT2D eigenvalue weighted by Gasteiger charge is -2.40. The van der Waals surface area contributed by atoms with Crippen LogP contribution >= 0.6 is 0 Å². The van der Waals surface area contributed by atoms with Crippen LogP contribution in [0.1, 0.15) is 51.2 Å². The number of fused-ring (bicyclic) bond motifs is 6. The summed E-state index contributed by atoms with van der Waals surface area (Å²) in [5, 5.41) is 13.0. The molecule has 0 radical (unpaired) electrons. The van der Waals surface area contributed by atoms with Crippen LogP contribution < -0.4 is 10.7 Å². The summed E-state index contributed by atoms with van der Waals surface area (Å²) in [6.07, 6.45) is 4.32. The van der Waals surface area contributed by atoms with Crippen LogP contribution in [-0.2, 0) is 13.1 Å². The van der Waals surface area contributed by atoms with Crippen LogP contribution in [0.5, 0.6) is 5.75 Å². The SMILES string of the molecule is Cc1cccc(CNC(=O)c2cn3c(c(O)c2=O)C(=O)N2C4CCC(C4)C2C3)c1F. The Kier molecular flexibility index (Phi) is 4.20. The van der Waals surface area contributed by atoms with Gasteiger partial charge in [-0.15, -0.1) is 0 Å². The molecule has 3 heterocycles. The molecule has 1 saturated heterocycles. The van der Waals surface area contributed by atoms with Crippen LogP contribution in [0.25, 0.3) is 0 Å². The maximum absolute atomic E-state index is 14.2. The van der Waals surface area contributed by atoms with Gasteiger partial charge >= 0.3 is 0 Å². The summed E-state index contributed by atoms with van der Waals surface area (Å²) in [6.45, 7) is 1.99. The molecule has 1 aromatic heterocycles. The van der Waals surface area contributed by atoms with Crippen molar-refractivity contribution >= 4 is 11.8 Å². The van der Waals surface area contributed by atoms with E-state index in [0.717, 1.165) is 19.3 Å². The van der Waals surface area contributed by atoms with Gasteiger partial charge in [0.1, 0.15) is 11.4 Å². The Hall–Kier alpha value is -3.16. The van der Waals surface area contributed by atoms with Crippen molar-refractivity contribution in [1.29, 1.82) is 0 Å². The van der Waals surface area contributed by atoms with Crippen LogP contribution in [0.15, 0.2) is 29.2 Å². The van der Waals surface area contributed by atoms with Gasteiger partial charge in [0.05, 0.1) is 6.04 Å². The van der Waals surface area contributed by atoms with E-state index >= 15 is 0 Å². The largest absolute Gasteiger partial charge is 0.503 e. The molecule has 5 rings (SSSR count). The molecule has 2 aliphatic heterocycles. The number of carbonyl (C=O) groups is 2. The molecule has 1 aliphatic carbocycles. The topological polar surface area (TPSA) is 91.6 Å². The molecule has 30 heavy (non-hydrogen) atoms. The number of rotatable bonds is 3. The number of aromatic hydroxyl groups is 1. The van der Waals surface area contributed by atoms with Crippen LogP contribution in [0, 0.1) is 18.7 Å². The van der Waals surface area contributed by atoms with Gasteiger partial charge in [-0.3, -0.25) is 14.4 Å². The van der Waals surface area contributed by atoms with Crippen LogP contribution in [0.3, 0.4) is 0 Å². The molecular formula is C22H22FN3O4. The number of nitrogens with zero attached hydrogens (tertiary/aromatic N) is 2. The first-order valence-electron chi connectivity index (χ1n) is 10.2. The van der Waals surface area contributed by atoms with E-state index in [1.807, 2.05) is 4.90 Å². The fraction of sp³-hybridized carbons (Fsp3) is 0.409. The molecule has 1 aromatic carbocycles. The van der Waals surface area contributed by atoms with Crippen molar-refractivity contribution in [1.82, 2.24) is 14.8 Å². The van der Waals surface area contributed by atoms with Gasteiger partial charge in [-0.2, -0.15) is 0 Å². The summed E-state index contributed by atoms with van der Waals surface area (Å²) in [6, 6.07) is 5.07. The molecular weight excluding hydrogens is 389 g/mol. The van der Waals surface area contributed by atoms with Crippen molar-refractivity contribution in [3.63, 3.8) is 0 Å². The molecule has 3 aliphatic rings. The van der Waals surface area contributed by atoms with Gasteiger partial charge in [-0.05, 0) is 37.7 Å². The Morgan fingerprint density at radius 3 is 2.90 bits per heavy atom. The zero-order valence-corrected chi connectivity index (χ0v) is 16.5. The minimum atomic E-state index is -0.889. The van der Waals surface area contributed by atoms with Crippen molar-refractivity contribution in [2.24, 2.45) is 5.92 Å². The second kappa shape index (κ2) is 6.68. The molecule has 2 amide bonds. The number of halogens is 1. The smallest absolute Gasteiger partial charge is 0.275 e. The van der Waals surface area contributed by atoms with Crippen LogP contribution in [0.2, 0.25) is 0 Å². The third-order valence-corrected chi connectivity index (χ3v) is 6.77. The fourth-order valence-electron chi connectivity index (χ4n) is 5.26. The molecule has 3 unspecified atom stereocenters. The van der Waals surface area contributed by atoms with Gasteiger partial charge < -0.3 is 19.9 Å². The standard InChI is InChI=1S/C22H22FN3O4/c1-11-3-2-4-13(17(11)23)8-24-21(29)15-9-25-10-16-12-5-6-14(7-12)26(16)22(30)18(25)20(28)19(15)27/h2-4,9,12,14,16,28H,5-8,10H2,1H3,(H,24,29). The lowest BCUT2D eigenvalue weighted by Crippen LogP contribution is -2.52. The molecule has 3 atom stereocenters. The number of hydrogen-bond acceptors (Lipinski definition) is 4. The number of piperidine rings is 1. The lowest BCUT2D eigenvalue weighted by molar-refractivity contribution is 0.0482. The van der Waals surface area contributed by atoms with Crippen molar-refractivity contribution < 1.29 is 19.1 Å². The van der Waals surface area contributed by atoms with E-state index in [2.05, 4.69) is 5.32 Å². The van der Waals surface area contributed by atoms with Crippen LogP contribution in [0.4, 0.5) is 4.39 Å². The Labute approximate surface area is 172 Å². The summed E-state index contributed by atoms with van der Waals surface area (Å²) in [5.41, 5.74) is -0.431. The molecule has 2 aromatic rings. The number of pyridine rings is 1. The zero-order chi connectivity index (χ0) is 21.2. The Bertz CT molecular complexity index is 1140. The van der Waals surface area contributed by atoms with Gasteiger partial charge in [-0.1, -0.05) is 18.2 Å². The van der Waals surface area contributed by atoms with Gasteiger partial charge in [0.2, 0.25) is 5.43 Å². The summed E-state index contributed by atoms with van der Waals surface area (Å²) in [5.74, 6) is -1.76. The molecule has 156 valence electrons. The maximum atomic E-state index is 14.2. The summed E-state index contributed by atoms with van der Waals surface area (Å²) >= 11 is 0. The number of hydrogen-bond donors (Lipinski definition) is 2. The monoisotopic (exact) mass is 411 g/mol. The minimum absolute atomic E-state index is 0.0305. The number of amides is 2. The first-order chi connectivity index (χ1) is 14.4. The van der Waals surface area contributed by atoms with Crippen molar-refractivity contribution in [3.05, 3.63) is 62.8 Å². The summed E-state index contributed by atoms with van der Waals surface area (Å²) in [4.78, 5) is 40.1. The third kappa shape index (κ3) is 2.66. The summed E-state index contributed by atoms with van der Waals surface area (Å²) in [7, 11) is 0. The van der Waals surface area contributed by atoms with E-state index in [4.69, 9.17) is 0 Å². The lowest BCUT2D eigenvalue weighted by atomic mass is 9.95. The average molecular weight is 411 g/mol. The fourth-order valence-corrected chi connectivity index (χ4v) is 5.26. The quantitative estimate of drug-likeness (QED) is 0.808. The molecule has 2 bridgehead atoms.